The number of carbonyl (C=O) groups excluding carboxylic acids is 2. The van der Waals surface area contributed by atoms with Crippen molar-refractivity contribution in [2.45, 2.75) is 44.4 Å². The molecule has 1 aromatic rings. The SMILES string of the molecule is CCCN(CCC)C(=O)c1cc(C(N)=O)cc(S(=O)(=O)CCCCO)c1.Cl. The van der Waals surface area contributed by atoms with Gasteiger partial charge in [-0.2, -0.15) is 0 Å². The number of nitrogens with two attached hydrogens (primary N) is 1. The van der Waals surface area contributed by atoms with Crippen LogP contribution in [0.1, 0.15) is 60.2 Å². The van der Waals surface area contributed by atoms with Crippen LogP contribution in [0.4, 0.5) is 0 Å². The van der Waals surface area contributed by atoms with Gasteiger partial charge in [-0.1, -0.05) is 13.8 Å². The third kappa shape index (κ3) is 7.48. The molecule has 3 N–H and O–H groups in total. The third-order valence-electron chi connectivity index (χ3n) is 3.89. The van der Waals surface area contributed by atoms with Crippen molar-refractivity contribution in [1.82, 2.24) is 4.90 Å². The number of sulfone groups is 1. The van der Waals surface area contributed by atoms with Crippen molar-refractivity contribution in [2.24, 2.45) is 5.73 Å². The molecule has 0 radical (unpaired) electrons. The topological polar surface area (TPSA) is 118 Å². The lowest BCUT2D eigenvalue weighted by molar-refractivity contribution is 0.0755. The number of benzene rings is 1. The highest BCUT2D eigenvalue weighted by Gasteiger charge is 2.22. The molecule has 1 rings (SSSR count). The normalized spacial score (nSPS) is 10.9. The fourth-order valence-corrected chi connectivity index (χ4v) is 4.04. The van der Waals surface area contributed by atoms with Gasteiger partial charge < -0.3 is 15.7 Å². The van der Waals surface area contributed by atoms with Gasteiger partial charge in [-0.25, -0.2) is 8.42 Å². The fourth-order valence-electron chi connectivity index (χ4n) is 2.60. The zero-order chi connectivity index (χ0) is 19.7. The second-order valence-electron chi connectivity index (χ2n) is 6.15. The van der Waals surface area contributed by atoms with E-state index in [9.17, 15) is 18.0 Å². The van der Waals surface area contributed by atoms with Gasteiger partial charge in [0.15, 0.2) is 9.84 Å². The molecular weight excluding hydrogens is 392 g/mol. The summed E-state index contributed by atoms with van der Waals surface area (Å²) in [4.78, 5) is 25.9. The molecule has 0 aliphatic heterocycles. The second kappa shape index (κ2) is 11.9. The Bertz CT molecular complexity index is 731. The molecule has 0 aliphatic rings. The summed E-state index contributed by atoms with van der Waals surface area (Å²) < 4.78 is 25.0. The standard InChI is InChI=1S/C18H28N2O5S.ClH/c1-3-7-20(8-4-2)18(23)15-11-14(17(19)22)12-16(13-15)26(24,25)10-6-5-9-21;/h11-13,21H,3-10H2,1-2H3,(H2,19,22);1H. The summed E-state index contributed by atoms with van der Waals surface area (Å²) in [7, 11) is -3.68. The van der Waals surface area contributed by atoms with Crippen molar-refractivity contribution in [3.05, 3.63) is 29.3 Å². The van der Waals surface area contributed by atoms with E-state index in [0.29, 0.717) is 25.9 Å². The molecule has 0 atom stereocenters. The van der Waals surface area contributed by atoms with Crippen LogP contribution in [-0.2, 0) is 9.84 Å². The molecule has 1 aromatic carbocycles. The summed E-state index contributed by atoms with van der Waals surface area (Å²) in [5.74, 6) is -1.27. The third-order valence-corrected chi connectivity index (χ3v) is 5.67. The van der Waals surface area contributed by atoms with E-state index >= 15 is 0 Å². The van der Waals surface area contributed by atoms with E-state index in [1.54, 1.807) is 4.90 Å². The summed E-state index contributed by atoms with van der Waals surface area (Å²) in [5.41, 5.74) is 5.45. The van der Waals surface area contributed by atoms with Gasteiger partial charge in [-0.15, -0.1) is 12.4 Å². The van der Waals surface area contributed by atoms with Crippen LogP contribution >= 0.6 is 12.4 Å². The monoisotopic (exact) mass is 420 g/mol. The number of amides is 2. The molecule has 0 aliphatic carbocycles. The summed E-state index contributed by atoms with van der Waals surface area (Å²) in [6, 6.07) is 3.86. The first-order chi connectivity index (χ1) is 12.3. The van der Waals surface area contributed by atoms with Gasteiger partial charge in [0.25, 0.3) is 5.91 Å². The summed E-state index contributed by atoms with van der Waals surface area (Å²) in [5, 5.41) is 8.82. The van der Waals surface area contributed by atoms with E-state index in [2.05, 4.69) is 0 Å². The minimum absolute atomic E-state index is 0. The number of rotatable bonds is 11. The molecule has 27 heavy (non-hydrogen) atoms. The molecule has 0 bridgehead atoms. The molecule has 0 saturated heterocycles. The Balaban J connectivity index is 0.00000676. The fraction of sp³-hybridized carbons (Fsp3) is 0.556. The highest BCUT2D eigenvalue weighted by molar-refractivity contribution is 7.91. The summed E-state index contributed by atoms with van der Waals surface area (Å²) in [6.45, 7) is 4.90. The minimum atomic E-state index is -3.68. The predicted molar refractivity (Wildman–Crippen MR) is 107 cm³/mol. The van der Waals surface area contributed by atoms with Gasteiger partial charge in [0.05, 0.1) is 10.6 Å². The zero-order valence-electron chi connectivity index (χ0n) is 15.8. The first-order valence-electron chi connectivity index (χ1n) is 8.84. The van der Waals surface area contributed by atoms with Crippen LogP contribution in [0.15, 0.2) is 23.1 Å². The number of unbranched alkanes of at least 4 members (excludes halogenated alkanes) is 1. The molecule has 154 valence electrons. The van der Waals surface area contributed by atoms with Gasteiger partial charge in [0.1, 0.15) is 0 Å². The highest BCUT2D eigenvalue weighted by atomic mass is 35.5. The van der Waals surface area contributed by atoms with Crippen LogP contribution < -0.4 is 5.73 Å². The van der Waals surface area contributed by atoms with E-state index in [-0.39, 0.29) is 46.7 Å². The van der Waals surface area contributed by atoms with Crippen LogP contribution in [-0.4, -0.2) is 55.7 Å². The summed E-state index contributed by atoms with van der Waals surface area (Å²) in [6.07, 6.45) is 2.20. The molecule has 0 spiro atoms. The van der Waals surface area contributed by atoms with E-state index in [4.69, 9.17) is 10.8 Å². The quantitative estimate of drug-likeness (QED) is 0.531. The Morgan fingerprint density at radius 3 is 2.07 bits per heavy atom. The number of nitrogens with zero attached hydrogens (tertiary/aromatic N) is 1. The maximum absolute atomic E-state index is 12.8. The van der Waals surface area contributed by atoms with Gasteiger partial charge in [-0.3, -0.25) is 9.59 Å². The number of halogens is 1. The maximum atomic E-state index is 12.8. The first-order valence-corrected chi connectivity index (χ1v) is 10.5. The van der Waals surface area contributed by atoms with E-state index in [1.165, 1.54) is 18.2 Å². The van der Waals surface area contributed by atoms with Crippen molar-refractivity contribution < 1.29 is 23.1 Å². The van der Waals surface area contributed by atoms with Crippen LogP contribution in [0.2, 0.25) is 0 Å². The Morgan fingerprint density at radius 2 is 1.59 bits per heavy atom. The van der Waals surface area contributed by atoms with Crippen LogP contribution in [0.25, 0.3) is 0 Å². The van der Waals surface area contributed by atoms with E-state index in [0.717, 1.165) is 12.8 Å². The number of carbonyl (C=O) groups is 2. The molecule has 7 nitrogen and oxygen atoms in total. The molecule has 0 fully saturated rings. The lowest BCUT2D eigenvalue weighted by atomic mass is 10.1. The second-order valence-corrected chi connectivity index (χ2v) is 8.26. The lowest BCUT2D eigenvalue weighted by Crippen LogP contribution is -2.33. The van der Waals surface area contributed by atoms with Crippen molar-refractivity contribution in [3.8, 4) is 0 Å². The van der Waals surface area contributed by atoms with Crippen molar-refractivity contribution in [2.75, 3.05) is 25.4 Å². The molecular formula is C18H29ClN2O5S. The van der Waals surface area contributed by atoms with Gasteiger partial charge >= 0.3 is 0 Å². The van der Waals surface area contributed by atoms with Crippen molar-refractivity contribution >= 4 is 34.1 Å². The predicted octanol–water partition coefficient (Wildman–Crippen LogP) is 2.02. The number of aliphatic hydroxyl groups is 1. The van der Waals surface area contributed by atoms with Crippen LogP contribution in [0.3, 0.4) is 0 Å². The smallest absolute Gasteiger partial charge is 0.253 e. The van der Waals surface area contributed by atoms with Crippen molar-refractivity contribution in [1.29, 1.82) is 0 Å². The number of primary amides is 1. The maximum Gasteiger partial charge on any atom is 0.253 e. The molecule has 0 saturated carbocycles. The first kappa shape index (κ1) is 25.4. The lowest BCUT2D eigenvalue weighted by Gasteiger charge is -2.22. The molecule has 9 heteroatoms. The van der Waals surface area contributed by atoms with Gasteiger partial charge in [0.2, 0.25) is 5.91 Å². The van der Waals surface area contributed by atoms with Crippen LogP contribution in [0.5, 0.6) is 0 Å². The Labute approximate surface area is 167 Å². The number of aliphatic hydroxyl groups excluding tert-OH is 1. The Hall–Kier alpha value is -1.64. The number of hydrogen-bond acceptors (Lipinski definition) is 5. The Kier molecular flexibility index (Phi) is 11.2. The van der Waals surface area contributed by atoms with Crippen molar-refractivity contribution in [3.63, 3.8) is 0 Å². The summed E-state index contributed by atoms with van der Waals surface area (Å²) >= 11 is 0. The Morgan fingerprint density at radius 1 is 1.04 bits per heavy atom. The highest BCUT2D eigenvalue weighted by Crippen LogP contribution is 2.19. The molecule has 0 aromatic heterocycles. The van der Waals surface area contributed by atoms with Gasteiger partial charge in [0, 0.05) is 30.8 Å². The molecule has 0 unspecified atom stereocenters. The average Bonchev–Trinajstić information content (AvgIpc) is 2.60. The van der Waals surface area contributed by atoms with E-state index in [1.807, 2.05) is 13.8 Å². The minimum Gasteiger partial charge on any atom is -0.396 e. The molecule has 0 heterocycles. The average molecular weight is 421 g/mol. The molecule has 2 amide bonds. The van der Waals surface area contributed by atoms with Gasteiger partial charge in [-0.05, 0) is 43.9 Å². The number of hydrogen-bond donors (Lipinski definition) is 2. The van der Waals surface area contributed by atoms with Crippen LogP contribution in [0, 0.1) is 0 Å². The van der Waals surface area contributed by atoms with E-state index < -0.39 is 15.7 Å². The zero-order valence-corrected chi connectivity index (χ0v) is 17.4. The largest absolute Gasteiger partial charge is 0.396 e.